The number of Topliss-reactive ketones (excluding diaryl/α,β-unsaturated/α-hetero) is 1. The Hall–Kier alpha value is -2.22. The van der Waals surface area contributed by atoms with E-state index in [1.54, 1.807) is 12.1 Å². The number of ketones is 1. The molecule has 0 radical (unpaired) electrons. The smallest absolute Gasteiger partial charge is 0.189 e. The van der Waals surface area contributed by atoms with Gasteiger partial charge in [-0.2, -0.15) is 0 Å². The van der Waals surface area contributed by atoms with Crippen LogP contribution in [0.25, 0.3) is 6.08 Å². The van der Waals surface area contributed by atoms with E-state index in [0.717, 1.165) is 35.1 Å². The highest BCUT2D eigenvalue weighted by Gasteiger charge is 2.23. The van der Waals surface area contributed by atoms with Gasteiger partial charge in [0, 0.05) is 11.1 Å². The molecule has 1 aliphatic carbocycles. The maximum absolute atomic E-state index is 12.9. The first-order valence-corrected chi connectivity index (χ1v) is 7.15. The van der Waals surface area contributed by atoms with E-state index in [0.29, 0.717) is 0 Å². The third-order valence-electron chi connectivity index (χ3n) is 4.01. The lowest BCUT2D eigenvalue weighted by molar-refractivity contribution is 0.102. The van der Waals surface area contributed by atoms with Crippen molar-refractivity contribution in [2.24, 2.45) is 0 Å². The Morgan fingerprint density at radius 3 is 2.48 bits per heavy atom. The number of carbonyl (C=O) groups is 1. The van der Waals surface area contributed by atoms with Gasteiger partial charge in [-0.25, -0.2) is 4.39 Å². The fourth-order valence-electron chi connectivity index (χ4n) is 2.98. The van der Waals surface area contributed by atoms with E-state index in [4.69, 9.17) is 0 Å². The van der Waals surface area contributed by atoms with Crippen molar-refractivity contribution in [2.45, 2.75) is 26.7 Å². The lowest BCUT2D eigenvalue weighted by Crippen LogP contribution is -2.15. The lowest BCUT2D eigenvalue weighted by atomic mass is 9.83. The van der Waals surface area contributed by atoms with E-state index >= 15 is 0 Å². The van der Waals surface area contributed by atoms with Gasteiger partial charge in [0.2, 0.25) is 0 Å². The molecule has 0 saturated carbocycles. The molecule has 0 aliphatic heterocycles. The van der Waals surface area contributed by atoms with E-state index in [9.17, 15) is 9.18 Å². The molecule has 0 bridgehead atoms. The largest absolute Gasteiger partial charge is 0.289 e. The molecule has 0 amide bonds. The number of aryl methyl sites for hydroxylation is 2. The molecular weight excluding hydrogens is 263 g/mol. The summed E-state index contributed by atoms with van der Waals surface area (Å²) in [7, 11) is 0. The highest BCUT2D eigenvalue weighted by Crippen LogP contribution is 2.29. The summed E-state index contributed by atoms with van der Waals surface area (Å²) in [4.78, 5) is 12.7. The SMILES string of the molecule is Cc1cc(C)c2c(c1)C(=O)/C(=C/c1ccc(F)cc1)CC2. The van der Waals surface area contributed by atoms with Crippen molar-refractivity contribution in [3.05, 3.63) is 75.6 Å². The van der Waals surface area contributed by atoms with Gasteiger partial charge in [0.15, 0.2) is 5.78 Å². The van der Waals surface area contributed by atoms with E-state index in [2.05, 4.69) is 13.0 Å². The molecule has 0 atom stereocenters. The van der Waals surface area contributed by atoms with Crippen LogP contribution < -0.4 is 0 Å². The summed E-state index contributed by atoms with van der Waals surface area (Å²) in [5.41, 5.74) is 5.97. The molecule has 106 valence electrons. The van der Waals surface area contributed by atoms with Crippen LogP contribution in [-0.2, 0) is 6.42 Å². The Bertz CT molecular complexity index is 739. The Morgan fingerprint density at radius 1 is 1.05 bits per heavy atom. The zero-order valence-electron chi connectivity index (χ0n) is 12.2. The standard InChI is InChI=1S/C19H17FO/c1-12-9-13(2)17-8-5-15(19(21)18(17)10-12)11-14-3-6-16(20)7-4-14/h3-4,6-7,9-11H,5,8H2,1-2H3/b15-11+. The number of fused-ring (bicyclic) bond motifs is 1. The van der Waals surface area contributed by atoms with Crippen LogP contribution in [0.3, 0.4) is 0 Å². The van der Waals surface area contributed by atoms with E-state index < -0.39 is 0 Å². The molecule has 1 nitrogen and oxygen atoms in total. The number of benzene rings is 2. The van der Waals surface area contributed by atoms with Gasteiger partial charge in [-0.05, 0) is 67.7 Å². The van der Waals surface area contributed by atoms with E-state index in [1.165, 1.54) is 23.3 Å². The van der Waals surface area contributed by atoms with Crippen LogP contribution in [0.5, 0.6) is 0 Å². The fraction of sp³-hybridized carbons (Fsp3) is 0.211. The molecule has 0 saturated heterocycles. The predicted molar refractivity (Wildman–Crippen MR) is 82.9 cm³/mol. The number of halogens is 1. The topological polar surface area (TPSA) is 17.1 Å². The average Bonchev–Trinajstić information content (AvgIpc) is 2.45. The van der Waals surface area contributed by atoms with Crippen LogP contribution in [0.4, 0.5) is 4.39 Å². The van der Waals surface area contributed by atoms with Gasteiger partial charge in [-0.3, -0.25) is 4.79 Å². The molecule has 2 heteroatoms. The highest BCUT2D eigenvalue weighted by molar-refractivity contribution is 6.13. The Labute approximate surface area is 124 Å². The monoisotopic (exact) mass is 280 g/mol. The van der Waals surface area contributed by atoms with Crippen molar-refractivity contribution in [3.63, 3.8) is 0 Å². The normalized spacial score (nSPS) is 16.1. The summed E-state index contributed by atoms with van der Waals surface area (Å²) < 4.78 is 12.9. The van der Waals surface area contributed by atoms with Gasteiger partial charge in [0.25, 0.3) is 0 Å². The molecule has 0 heterocycles. The zero-order chi connectivity index (χ0) is 15.0. The Balaban J connectivity index is 2.00. The Kier molecular flexibility index (Phi) is 3.46. The summed E-state index contributed by atoms with van der Waals surface area (Å²) in [6.45, 7) is 4.08. The minimum absolute atomic E-state index is 0.104. The summed E-state index contributed by atoms with van der Waals surface area (Å²) in [6.07, 6.45) is 3.51. The molecule has 0 fully saturated rings. The average molecular weight is 280 g/mol. The maximum atomic E-state index is 12.9. The van der Waals surface area contributed by atoms with Crippen LogP contribution in [0, 0.1) is 19.7 Å². The minimum Gasteiger partial charge on any atom is -0.289 e. The first-order chi connectivity index (χ1) is 10.0. The first kappa shape index (κ1) is 13.7. The second kappa shape index (κ2) is 5.28. The van der Waals surface area contributed by atoms with Crippen LogP contribution in [0.2, 0.25) is 0 Å². The molecule has 2 aromatic rings. The third-order valence-corrected chi connectivity index (χ3v) is 4.01. The molecular formula is C19H17FO. The second-order valence-electron chi connectivity index (χ2n) is 5.66. The van der Waals surface area contributed by atoms with Crippen LogP contribution >= 0.6 is 0 Å². The molecule has 0 N–H and O–H groups in total. The van der Waals surface area contributed by atoms with Crippen molar-refractivity contribution < 1.29 is 9.18 Å². The quantitative estimate of drug-likeness (QED) is 0.695. The van der Waals surface area contributed by atoms with Crippen LogP contribution in [0.15, 0.2) is 42.0 Å². The van der Waals surface area contributed by atoms with E-state index in [-0.39, 0.29) is 11.6 Å². The van der Waals surface area contributed by atoms with E-state index in [1.807, 2.05) is 19.1 Å². The lowest BCUT2D eigenvalue weighted by Gasteiger charge is -2.20. The first-order valence-electron chi connectivity index (χ1n) is 7.15. The van der Waals surface area contributed by atoms with Crippen molar-refractivity contribution >= 4 is 11.9 Å². The van der Waals surface area contributed by atoms with Crippen LogP contribution in [0.1, 0.15) is 39.0 Å². The van der Waals surface area contributed by atoms with Gasteiger partial charge in [-0.1, -0.05) is 23.8 Å². The number of hydrogen-bond donors (Lipinski definition) is 0. The maximum Gasteiger partial charge on any atom is 0.189 e. The van der Waals surface area contributed by atoms with Gasteiger partial charge >= 0.3 is 0 Å². The summed E-state index contributed by atoms with van der Waals surface area (Å²) in [5.74, 6) is -0.156. The Morgan fingerprint density at radius 2 is 1.76 bits per heavy atom. The molecule has 0 unspecified atom stereocenters. The molecule has 0 spiro atoms. The predicted octanol–water partition coefficient (Wildman–Crippen LogP) is 4.66. The van der Waals surface area contributed by atoms with Gasteiger partial charge < -0.3 is 0 Å². The van der Waals surface area contributed by atoms with Crippen molar-refractivity contribution in [1.82, 2.24) is 0 Å². The number of allylic oxidation sites excluding steroid dienone is 1. The number of hydrogen-bond acceptors (Lipinski definition) is 1. The van der Waals surface area contributed by atoms with Crippen molar-refractivity contribution in [3.8, 4) is 0 Å². The van der Waals surface area contributed by atoms with Crippen LogP contribution in [-0.4, -0.2) is 5.78 Å². The fourth-order valence-corrected chi connectivity index (χ4v) is 2.98. The van der Waals surface area contributed by atoms with Crippen molar-refractivity contribution in [1.29, 1.82) is 0 Å². The summed E-state index contributed by atoms with van der Waals surface area (Å²) >= 11 is 0. The molecule has 3 rings (SSSR count). The van der Waals surface area contributed by atoms with Gasteiger partial charge in [0.05, 0.1) is 0 Å². The second-order valence-corrected chi connectivity index (χ2v) is 5.66. The molecule has 1 aliphatic rings. The molecule has 2 aromatic carbocycles. The minimum atomic E-state index is -0.260. The third kappa shape index (κ3) is 2.66. The molecule has 0 aromatic heterocycles. The highest BCUT2D eigenvalue weighted by atomic mass is 19.1. The van der Waals surface area contributed by atoms with Crippen molar-refractivity contribution in [2.75, 3.05) is 0 Å². The van der Waals surface area contributed by atoms with Gasteiger partial charge in [0.1, 0.15) is 5.82 Å². The summed E-state index contributed by atoms with van der Waals surface area (Å²) in [6, 6.07) is 10.3. The number of rotatable bonds is 1. The zero-order valence-corrected chi connectivity index (χ0v) is 12.2. The number of carbonyl (C=O) groups excluding carboxylic acids is 1. The van der Waals surface area contributed by atoms with Gasteiger partial charge in [-0.15, -0.1) is 0 Å². The summed E-state index contributed by atoms with van der Waals surface area (Å²) in [5, 5.41) is 0. The molecule has 21 heavy (non-hydrogen) atoms.